The number of ether oxygens (including phenoxy) is 2. The van der Waals surface area contributed by atoms with Crippen LogP contribution in [0.1, 0.15) is 51.1 Å². The lowest BCUT2D eigenvalue weighted by Crippen LogP contribution is -2.43. The molecule has 2 fully saturated rings. The van der Waals surface area contributed by atoms with E-state index in [4.69, 9.17) is 9.47 Å². The van der Waals surface area contributed by atoms with Crippen LogP contribution >= 0.6 is 11.3 Å². The summed E-state index contributed by atoms with van der Waals surface area (Å²) in [4.78, 5) is 25.6. The molecule has 0 spiro atoms. The molecule has 8 heteroatoms. The highest BCUT2D eigenvalue weighted by atomic mass is 32.1. The van der Waals surface area contributed by atoms with E-state index in [1.54, 1.807) is 11.3 Å². The predicted molar refractivity (Wildman–Crippen MR) is 122 cm³/mol. The number of allylic oxidation sites excluding steroid dienone is 1. The third-order valence-electron chi connectivity index (χ3n) is 6.60. The van der Waals surface area contributed by atoms with Crippen LogP contribution in [0.25, 0.3) is 0 Å². The molecular weight excluding hydrogens is 412 g/mol. The van der Waals surface area contributed by atoms with Crippen molar-refractivity contribution >= 4 is 23.6 Å². The highest BCUT2D eigenvalue weighted by Crippen LogP contribution is 2.32. The molecule has 31 heavy (non-hydrogen) atoms. The van der Waals surface area contributed by atoms with Crippen LogP contribution in [0.15, 0.2) is 27.5 Å². The maximum atomic E-state index is 12.1. The SMILES string of the molecule is CCOC(=O)N1CCCC(N2CCC(C3=CCC=NC3OCc3cscn3)CC2)CC1. The molecule has 2 atom stereocenters. The molecule has 170 valence electrons. The van der Waals surface area contributed by atoms with Crippen molar-refractivity contribution in [1.29, 1.82) is 0 Å². The van der Waals surface area contributed by atoms with Crippen LogP contribution in [-0.2, 0) is 16.1 Å². The van der Waals surface area contributed by atoms with Crippen LogP contribution < -0.4 is 0 Å². The second-order valence-corrected chi connectivity index (χ2v) is 9.21. The minimum absolute atomic E-state index is 0.157. The lowest BCUT2D eigenvalue weighted by atomic mass is 9.86. The number of rotatable bonds is 6. The Morgan fingerprint density at radius 3 is 2.84 bits per heavy atom. The van der Waals surface area contributed by atoms with Crippen LogP contribution in [0, 0.1) is 5.92 Å². The first kappa shape index (κ1) is 22.4. The summed E-state index contributed by atoms with van der Waals surface area (Å²) in [7, 11) is 0. The standard InChI is InChI=1S/C23H34N4O3S/c1-2-29-23(28)27-11-4-5-20(9-14-27)26-12-7-18(8-13-26)21-6-3-10-24-22(21)30-15-19-16-31-17-25-19/h6,10,16-18,20,22H,2-5,7-9,11-15H2,1H3. The third-order valence-corrected chi connectivity index (χ3v) is 7.23. The van der Waals surface area contributed by atoms with E-state index in [0.29, 0.717) is 25.2 Å². The van der Waals surface area contributed by atoms with E-state index in [0.717, 1.165) is 70.4 Å². The van der Waals surface area contributed by atoms with Crippen molar-refractivity contribution < 1.29 is 14.3 Å². The molecule has 3 aliphatic heterocycles. The zero-order chi connectivity index (χ0) is 21.5. The van der Waals surface area contributed by atoms with Crippen molar-refractivity contribution in [2.75, 3.05) is 32.8 Å². The normalized spacial score (nSPS) is 25.8. The summed E-state index contributed by atoms with van der Waals surface area (Å²) in [5.74, 6) is 0.538. The smallest absolute Gasteiger partial charge is 0.409 e. The molecule has 4 heterocycles. The van der Waals surface area contributed by atoms with Crippen molar-refractivity contribution in [3.63, 3.8) is 0 Å². The van der Waals surface area contributed by atoms with Gasteiger partial charge in [0.1, 0.15) is 0 Å². The molecule has 0 saturated carbocycles. The van der Waals surface area contributed by atoms with E-state index in [9.17, 15) is 4.79 Å². The zero-order valence-electron chi connectivity index (χ0n) is 18.4. The lowest BCUT2D eigenvalue weighted by molar-refractivity contribution is 0.0526. The van der Waals surface area contributed by atoms with Gasteiger partial charge in [-0.15, -0.1) is 11.3 Å². The van der Waals surface area contributed by atoms with Gasteiger partial charge in [0, 0.05) is 37.1 Å². The van der Waals surface area contributed by atoms with Gasteiger partial charge in [0.15, 0.2) is 6.23 Å². The molecule has 3 aliphatic rings. The summed E-state index contributed by atoms with van der Waals surface area (Å²) in [5, 5.41) is 2.03. The fraction of sp³-hybridized carbons (Fsp3) is 0.696. The summed E-state index contributed by atoms with van der Waals surface area (Å²) in [6.45, 7) is 6.65. The summed E-state index contributed by atoms with van der Waals surface area (Å²) in [5.41, 5.74) is 4.17. The fourth-order valence-electron chi connectivity index (χ4n) is 4.95. The Morgan fingerprint density at radius 2 is 2.06 bits per heavy atom. The summed E-state index contributed by atoms with van der Waals surface area (Å²) in [6.07, 6.45) is 10.4. The minimum Gasteiger partial charge on any atom is -0.450 e. The van der Waals surface area contributed by atoms with Gasteiger partial charge in [-0.05, 0) is 63.6 Å². The number of likely N-dealkylation sites (tertiary alicyclic amines) is 2. The first-order valence-corrected chi connectivity index (χ1v) is 12.5. The molecule has 0 aliphatic carbocycles. The number of nitrogens with zero attached hydrogens (tertiary/aromatic N) is 4. The Labute approximate surface area is 189 Å². The van der Waals surface area contributed by atoms with Gasteiger partial charge in [-0.25, -0.2) is 9.78 Å². The molecular formula is C23H34N4O3S. The molecule has 0 aromatic carbocycles. The Morgan fingerprint density at radius 1 is 1.19 bits per heavy atom. The quantitative estimate of drug-likeness (QED) is 0.615. The topological polar surface area (TPSA) is 67.3 Å². The van der Waals surface area contributed by atoms with Gasteiger partial charge in [-0.3, -0.25) is 4.99 Å². The van der Waals surface area contributed by atoms with Crippen LogP contribution in [-0.4, -0.2) is 72.1 Å². The summed E-state index contributed by atoms with van der Waals surface area (Å²) in [6, 6.07) is 0.565. The van der Waals surface area contributed by atoms with Gasteiger partial charge in [0.05, 0.1) is 24.4 Å². The highest BCUT2D eigenvalue weighted by molar-refractivity contribution is 7.07. The van der Waals surface area contributed by atoms with E-state index in [1.807, 2.05) is 28.9 Å². The number of piperidine rings is 1. The average molecular weight is 447 g/mol. The number of hydrogen-bond donors (Lipinski definition) is 0. The fourth-order valence-corrected chi connectivity index (χ4v) is 5.50. The summed E-state index contributed by atoms with van der Waals surface area (Å²) >= 11 is 1.60. The molecule has 1 aromatic rings. The van der Waals surface area contributed by atoms with Gasteiger partial charge in [-0.2, -0.15) is 0 Å². The number of aromatic nitrogens is 1. The van der Waals surface area contributed by atoms with Crippen molar-refractivity contribution in [2.45, 2.75) is 64.3 Å². The Kier molecular flexibility index (Phi) is 8.10. The van der Waals surface area contributed by atoms with Gasteiger partial charge in [0.25, 0.3) is 0 Å². The van der Waals surface area contributed by atoms with Crippen molar-refractivity contribution in [3.8, 4) is 0 Å². The Hall–Kier alpha value is -1.77. The number of carbonyl (C=O) groups is 1. The van der Waals surface area contributed by atoms with Crippen molar-refractivity contribution in [2.24, 2.45) is 10.9 Å². The van der Waals surface area contributed by atoms with Crippen LogP contribution in [0.3, 0.4) is 0 Å². The highest BCUT2D eigenvalue weighted by Gasteiger charge is 2.32. The Bertz CT molecular complexity index is 759. The average Bonchev–Trinajstić information content (AvgIpc) is 3.20. The van der Waals surface area contributed by atoms with E-state index < -0.39 is 0 Å². The molecule has 2 unspecified atom stereocenters. The number of hydrogen-bond acceptors (Lipinski definition) is 7. The molecule has 0 radical (unpaired) electrons. The van der Waals surface area contributed by atoms with E-state index in [-0.39, 0.29) is 12.3 Å². The molecule has 0 N–H and O–H groups in total. The first-order chi connectivity index (χ1) is 15.2. The summed E-state index contributed by atoms with van der Waals surface area (Å²) < 4.78 is 11.3. The third kappa shape index (κ3) is 5.93. The molecule has 0 bridgehead atoms. The van der Waals surface area contributed by atoms with Gasteiger partial charge in [-0.1, -0.05) is 6.08 Å². The maximum absolute atomic E-state index is 12.1. The number of aliphatic imine (C=N–C) groups is 1. The lowest BCUT2D eigenvalue weighted by Gasteiger charge is -2.39. The van der Waals surface area contributed by atoms with Gasteiger partial charge in [0.2, 0.25) is 0 Å². The van der Waals surface area contributed by atoms with E-state index in [1.165, 1.54) is 5.57 Å². The van der Waals surface area contributed by atoms with E-state index >= 15 is 0 Å². The number of thiazole rings is 1. The molecule has 1 amide bonds. The molecule has 1 aromatic heterocycles. The molecule has 4 rings (SSSR count). The molecule has 2 saturated heterocycles. The minimum atomic E-state index is -0.164. The monoisotopic (exact) mass is 446 g/mol. The van der Waals surface area contributed by atoms with Crippen LogP contribution in [0.5, 0.6) is 0 Å². The number of carbonyl (C=O) groups excluding carboxylic acids is 1. The maximum Gasteiger partial charge on any atom is 0.409 e. The van der Waals surface area contributed by atoms with Crippen molar-refractivity contribution in [3.05, 3.63) is 28.2 Å². The van der Waals surface area contributed by atoms with Gasteiger partial charge >= 0.3 is 6.09 Å². The molecule has 7 nitrogen and oxygen atoms in total. The second-order valence-electron chi connectivity index (χ2n) is 8.50. The number of amides is 1. The second kappa shape index (κ2) is 11.2. The van der Waals surface area contributed by atoms with E-state index in [2.05, 4.69) is 21.0 Å². The zero-order valence-corrected chi connectivity index (χ0v) is 19.3. The van der Waals surface area contributed by atoms with Crippen molar-refractivity contribution in [1.82, 2.24) is 14.8 Å². The number of dihydropyridines is 1. The predicted octanol–water partition coefficient (Wildman–Crippen LogP) is 4.11. The van der Waals surface area contributed by atoms with Crippen LogP contribution in [0.4, 0.5) is 4.79 Å². The van der Waals surface area contributed by atoms with Gasteiger partial charge < -0.3 is 19.3 Å². The Balaban J connectivity index is 1.27. The largest absolute Gasteiger partial charge is 0.450 e. The first-order valence-electron chi connectivity index (χ1n) is 11.6. The van der Waals surface area contributed by atoms with Crippen LogP contribution in [0.2, 0.25) is 0 Å².